The van der Waals surface area contributed by atoms with Gasteiger partial charge >= 0.3 is 17.3 Å². The predicted octanol–water partition coefficient (Wildman–Crippen LogP) is 3.90. The van der Waals surface area contributed by atoms with E-state index in [1.54, 1.807) is 0 Å². The molecule has 2 aromatic carbocycles. The number of aromatic hydroxyl groups is 1. The molecule has 1 atom stereocenters. The smallest absolute Gasteiger partial charge is 0.324 e. The number of ether oxygens (including phenoxy) is 3. The lowest BCUT2D eigenvalue weighted by Crippen LogP contribution is -2.48. The van der Waals surface area contributed by atoms with Crippen molar-refractivity contribution >= 4 is 23.0 Å². The summed E-state index contributed by atoms with van der Waals surface area (Å²) in [6.07, 6.45) is 4.13. The maximum Gasteiger partial charge on any atom is 0.324 e. The van der Waals surface area contributed by atoms with Crippen LogP contribution in [-0.4, -0.2) is 82.9 Å². The van der Waals surface area contributed by atoms with Crippen LogP contribution in [0.5, 0.6) is 5.75 Å². The van der Waals surface area contributed by atoms with E-state index in [-0.39, 0.29) is 12.1 Å². The van der Waals surface area contributed by atoms with E-state index in [2.05, 4.69) is 17.0 Å². The van der Waals surface area contributed by atoms with Crippen LogP contribution in [0.3, 0.4) is 0 Å². The standard InChI is InChI=1S/C21H31NO4.C6H3N3O7/c1-2-25-20(23)21(18-7-4-3-5-8-18)10-12-22(13-11-21)14-16-24-17-19-9-6-15-26-19;10-6-4(8(13)14)1-3(7(11)12)2-5(6)9(15)16/h3-5,7-8,19H,2,6,9-17H2,1H3;1-2,10H. The molecule has 2 saturated heterocycles. The van der Waals surface area contributed by atoms with Gasteiger partial charge < -0.3 is 24.2 Å². The molecule has 15 heteroatoms. The molecule has 1 unspecified atom stereocenters. The van der Waals surface area contributed by atoms with E-state index in [1.165, 1.54) is 0 Å². The van der Waals surface area contributed by atoms with E-state index in [0.29, 0.717) is 25.3 Å². The number of likely N-dealkylation sites (tertiary alicyclic amines) is 1. The number of rotatable bonds is 11. The number of nitrogens with zero attached hydrogens (tertiary/aromatic N) is 4. The number of phenolic OH excluding ortho intramolecular Hbond substituents is 1. The van der Waals surface area contributed by atoms with E-state index in [1.807, 2.05) is 25.1 Å². The molecule has 2 aliphatic rings. The van der Waals surface area contributed by atoms with Crippen molar-refractivity contribution in [3.05, 3.63) is 78.4 Å². The number of nitro groups is 3. The van der Waals surface area contributed by atoms with Crippen molar-refractivity contribution < 1.29 is 38.9 Å². The molecule has 15 nitrogen and oxygen atoms in total. The predicted molar refractivity (Wildman–Crippen MR) is 148 cm³/mol. The number of phenols is 1. The van der Waals surface area contributed by atoms with Gasteiger partial charge in [0.1, 0.15) is 0 Å². The molecular formula is C27H34N4O11. The minimum Gasteiger partial charge on any atom is -0.497 e. The number of hydrogen-bond donors (Lipinski definition) is 1. The van der Waals surface area contributed by atoms with Crippen LogP contribution in [0.4, 0.5) is 17.1 Å². The lowest BCUT2D eigenvalue weighted by molar-refractivity contribution is -0.404. The number of non-ortho nitro benzene ring substituents is 1. The van der Waals surface area contributed by atoms with Crippen molar-refractivity contribution in [2.45, 2.75) is 44.1 Å². The van der Waals surface area contributed by atoms with E-state index in [9.17, 15) is 35.1 Å². The van der Waals surface area contributed by atoms with E-state index < -0.39 is 43.0 Å². The SMILES string of the molecule is CCOC(=O)C1(c2ccccc2)CCN(CCOCC2CCCO2)CC1.O=[N+]([O-])c1cc([N+](=O)[O-])c(O)c([N+](=O)[O-])c1. The first-order valence-corrected chi connectivity index (χ1v) is 13.5. The third-order valence-corrected chi connectivity index (χ3v) is 7.24. The zero-order valence-electron chi connectivity index (χ0n) is 23.2. The minimum absolute atomic E-state index is 0.0829. The fourth-order valence-electron chi connectivity index (χ4n) is 4.95. The largest absolute Gasteiger partial charge is 0.497 e. The van der Waals surface area contributed by atoms with Crippen molar-refractivity contribution in [3.63, 3.8) is 0 Å². The summed E-state index contributed by atoms with van der Waals surface area (Å²) in [5, 5.41) is 40.2. The summed E-state index contributed by atoms with van der Waals surface area (Å²) in [5.74, 6) is -1.29. The van der Waals surface area contributed by atoms with Crippen molar-refractivity contribution in [2.24, 2.45) is 0 Å². The normalized spacial score (nSPS) is 18.0. The highest BCUT2D eigenvalue weighted by Gasteiger charge is 2.44. The quantitative estimate of drug-likeness (QED) is 0.172. The number of hydrogen-bond acceptors (Lipinski definition) is 12. The molecular weight excluding hydrogens is 556 g/mol. The highest BCUT2D eigenvalue weighted by atomic mass is 16.6. The average Bonchev–Trinajstić information content (AvgIpc) is 3.50. The highest BCUT2D eigenvalue weighted by molar-refractivity contribution is 5.83. The van der Waals surface area contributed by atoms with Crippen LogP contribution in [0.2, 0.25) is 0 Å². The Labute approximate surface area is 241 Å². The van der Waals surface area contributed by atoms with E-state index >= 15 is 0 Å². The van der Waals surface area contributed by atoms with Gasteiger partial charge in [0.15, 0.2) is 0 Å². The van der Waals surface area contributed by atoms with Crippen molar-refractivity contribution in [1.29, 1.82) is 0 Å². The molecule has 0 radical (unpaired) electrons. The fourth-order valence-corrected chi connectivity index (χ4v) is 4.95. The van der Waals surface area contributed by atoms with Crippen molar-refractivity contribution in [2.75, 3.05) is 46.1 Å². The van der Waals surface area contributed by atoms with E-state index in [0.717, 1.165) is 64.1 Å². The van der Waals surface area contributed by atoms with Crippen LogP contribution in [0, 0.1) is 30.3 Å². The summed E-state index contributed by atoms with van der Waals surface area (Å²) in [4.78, 5) is 42.9. The monoisotopic (exact) mass is 590 g/mol. The summed E-state index contributed by atoms with van der Waals surface area (Å²) in [5.41, 5.74) is -2.43. The van der Waals surface area contributed by atoms with E-state index in [4.69, 9.17) is 19.3 Å². The topological polar surface area (TPSA) is 198 Å². The van der Waals surface area contributed by atoms with Crippen molar-refractivity contribution in [3.8, 4) is 5.75 Å². The van der Waals surface area contributed by atoms with Gasteiger partial charge in [-0.25, -0.2) is 0 Å². The van der Waals surface area contributed by atoms with Gasteiger partial charge in [0.2, 0.25) is 0 Å². The third kappa shape index (κ3) is 8.18. The maximum absolute atomic E-state index is 12.8. The van der Waals surface area contributed by atoms with Crippen LogP contribution >= 0.6 is 0 Å². The second kappa shape index (κ2) is 15.1. The summed E-state index contributed by atoms with van der Waals surface area (Å²) >= 11 is 0. The number of carbonyl (C=O) groups is 1. The van der Waals surface area contributed by atoms with Crippen molar-refractivity contribution in [1.82, 2.24) is 4.90 Å². The third-order valence-electron chi connectivity index (χ3n) is 7.24. The number of nitro benzene ring substituents is 3. The van der Waals surface area contributed by atoms with Gasteiger partial charge in [-0.05, 0) is 51.3 Å². The van der Waals surface area contributed by atoms with Crippen LogP contribution in [-0.2, 0) is 24.4 Å². The second-order valence-electron chi connectivity index (χ2n) is 9.82. The number of carbonyl (C=O) groups excluding carboxylic acids is 1. The Balaban J connectivity index is 0.000000260. The molecule has 0 aliphatic carbocycles. The molecule has 0 saturated carbocycles. The van der Waals surface area contributed by atoms with Crippen LogP contribution in [0.1, 0.15) is 38.2 Å². The molecule has 228 valence electrons. The van der Waals surface area contributed by atoms with Gasteiger partial charge in [-0.1, -0.05) is 30.3 Å². The fraction of sp³-hybridized carbons (Fsp3) is 0.519. The Kier molecular flexibility index (Phi) is 11.6. The van der Waals surface area contributed by atoms with Gasteiger partial charge in [-0.2, -0.15) is 0 Å². The Morgan fingerprint density at radius 2 is 1.67 bits per heavy atom. The molecule has 0 bridgehead atoms. The number of esters is 1. The molecule has 2 heterocycles. The summed E-state index contributed by atoms with van der Waals surface area (Å²) in [7, 11) is 0. The summed E-state index contributed by atoms with van der Waals surface area (Å²) in [6, 6.07) is 11.0. The first-order chi connectivity index (χ1) is 20.1. The number of piperidine rings is 1. The van der Waals surface area contributed by atoms with Crippen LogP contribution in [0.25, 0.3) is 0 Å². The highest BCUT2D eigenvalue weighted by Crippen LogP contribution is 2.39. The second-order valence-corrected chi connectivity index (χ2v) is 9.82. The molecule has 0 amide bonds. The van der Waals surface area contributed by atoms with Gasteiger partial charge in [0.05, 0.1) is 58.2 Å². The summed E-state index contributed by atoms with van der Waals surface area (Å²) < 4.78 is 16.8. The first kappa shape index (κ1) is 32.3. The first-order valence-electron chi connectivity index (χ1n) is 13.5. The Bertz CT molecular complexity index is 1210. The zero-order valence-corrected chi connectivity index (χ0v) is 23.2. The molecule has 0 spiro atoms. The Morgan fingerprint density at radius 3 is 2.17 bits per heavy atom. The minimum atomic E-state index is -1.21. The summed E-state index contributed by atoms with van der Waals surface area (Å²) in [6.45, 7) is 7.26. The molecule has 2 aliphatic heterocycles. The van der Waals surface area contributed by atoms with Gasteiger partial charge in [-0.3, -0.25) is 35.1 Å². The lowest BCUT2D eigenvalue weighted by atomic mass is 9.72. The molecule has 4 rings (SSSR count). The maximum atomic E-state index is 12.8. The molecule has 1 N–H and O–H groups in total. The zero-order chi connectivity index (χ0) is 30.7. The molecule has 42 heavy (non-hydrogen) atoms. The Morgan fingerprint density at radius 1 is 1.05 bits per heavy atom. The number of benzene rings is 2. The van der Waals surface area contributed by atoms with Gasteiger partial charge in [0.25, 0.3) is 11.4 Å². The molecule has 2 fully saturated rings. The lowest BCUT2D eigenvalue weighted by Gasteiger charge is -2.40. The molecule has 0 aromatic heterocycles. The van der Waals surface area contributed by atoms with Crippen LogP contribution < -0.4 is 0 Å². The van der Waals surface area contributed by atoms with Gasteiger partial charge in [0, 0.05) is 13.2 Å². The van der Waals surface area contributed by atoms with Crippen LogP contribution in [0.15, 0.2) is 42.5 Å². The average molecular weight is 591 g/mol. The molecule has 2 aromatic rings. The van der Waals surface area contributed by atoms with Gasteiger partial charge in [-0.15, -0.1) is 0 Å². The Hall–Kier alpha value is -4.21.